The summed E-state index contributed by atoms with van der Waals surface area (Å²) in [5.74, 6) is 0.596. The zero-order valence-corrected chi connectivity index (χ0v) is 20.6. The first-order valence-corrected chi connectivity index (χ1v) is 10.4. The Kier molecular flexibility index (Phi) is 8.94. The fourth-order valence-corrected chi connectivity index (χ4v) is 4.19. The van der Waals surface area contributed by atoms with Crippen LogP contribution in [0.25, 0.3) is 0 Å². The summed E-state index contributed by atoms with van der Waals surface area (Å²) in [5, 5.41) is 9.94. The molecule has 1 aliphatic heterocycles. The predicted octanol–water partition coefficient (Wildman–Crippen LogP) is 3.61. The van der Waals surface area contributed by atoms with E-state index in [1.54, 1.807) is 24.5 Å². The van der Waals surface area contributed by atoms with Crippen LogP contribution in [0.2, 0.25) is 0 Å². The smallest absolute Gasteiger partial charge is 0.191 e. The van der Waals surface area contributed by atoms with Crippen molar-refractivity contribution < 1.29 is 4.39 Å². The number of thiazole rings is 1. The van der Waals surface area contributed by atoms with Gasteiger partial charge in [-0.05, 0) is 43.5 Å². The van der Waals surface area contributed by atoms with E-state index >= 15 is 0 Å². The monoisotopic (exact) mass is 532 g/mol. The average molecular weight is 532 g/mol. The van der Waals surface area contributed by atoms with E-state index in [2.05, 4.69) is 30.9 Å². The third-order valence-electron chi connectivity index (χ3n) is 4.84. The molecule has 6 nitrogen and oxygen atoms in total. The van der Waals surface area contributed by atoms with Crippen LogP contribution in [0.1, 0.15) is 24.1 Å². The van der Waals surface area contributed by atoms with E-state index in [9.17, 15) is 4.39 Å². The van der Waals surface area contributed by atoms with Gasteiger partial charge in [-0.1, -0.05) is 0 Å². The normalized spacial score (nSPS) is 16.9. The number of anilines is 2. The van der Waals surface area contributed by atoms with Crippen LogP contribution in [0.3, 0.4) is 0 Å². The molecule has 0 amide bonds. The molecule has 0 spiro atoms. The van der Waals surface area contributed by atoms with Crippen molar-refractivity contribution in [3.8, 4) is 0 Å². The standard InChI is InChI=1S/C20H29FN6S.HI/c1-14-10-15(21)7-8-18(14)27-9-5-6-16(12-27)24-19(22-2)23-11-17-13-28-20(25-17)26(3)4;/h7-8,10,13,16H,5-6,9,11-12H2,1-4H3,(H2,22,23,24);1H. The first-order chi connectivity index (χ1) is 13.5. The van der Waals surface area contributed by atoms with Crippen LogP contribution >= 0.6 is 35.3 Å². The highest BCUT2D eigenvalue weighted by Gasteiger charge is 2.22. The van der Waals surface area contributed by atoms with Crippen LogP contribution in [0, 0.1) is 12.7 Å². The van der Waals surface area contributed by atoms with Gasteiger partial charge in [0.15, 0.2) is 11.1 Å². The number of aromatic nitrogens is 1. The molecule has 3 rings (SSSR count). The third-order valence-corrected chi connectivity index (χ3v) is 5.90. The van der Waals surface area contributed by atoms with E-state index in [0.717, 1.165) is 54.0 Å². The number of aryl methyl sites for hydroxylation is 1. The Bertz CT molecular complexity index is 825. The van der Waals surface area contributed by atoms with Gasteiger partial charge in [-0.25, -0.2) is 9.37 Å². The summed E-state index contributed by atoms with van der Waals surface area (Å²) in [6, 6.07) is 5.31. The Labute approximate surface area is 193 Å². The number of hydrogen-bond donors (Lipinski definition) is 2. The maximum atomic E-state index is 13.4. The van der Waals surface area contributed by atoms with Crippen LogP contribution < -0.4 is 20.4 Å². The number of benzene rings is 1. The zero-order valence-electron chi connectivity index (χ0n) is 17.4. The topological polar surface area (TPSA) is 55.8 Å². The minimum atomic E-state index is -0.183. The lowest BCUT2D eigenvalue weighted by Crippen LogP contribution is -2.51. The largest absolute Gasteiger partial charge is 0.369 e. The molecule has 2 aromatic rings. The van der Waals surface area contributed by atoms with Gasteiger partial charge >= 0.3 is 0 Å². The highest BCUT2D eigenvalue weighted by Crippen LogP contribution is 2.24. The molecule has 9 heteroatoms. The van der Waals surface area contributed by atoms with Crippen molar-refractivity contribution in [3.05, 3.63) is 40.7 Å². The van der Waals surface area contributed by atoms with Gasteiger partial charge in [-0.3, -0.25) is 4.99 Å². The minimum Gasteiger partial charge on any atom is -0.369 e. The number of halogens is 2. The van der Waals surface area contributed by atoms with Gasteiger partial charge in [-0.2, -0.15) is 0 Å². The first-order valence-electron chi connectivity index (χ1n) is 9.56. The SMILES string of the molecule is CN=C(NCc1csc(N(C)C)n1)NC1CCCN(c2ccc(F)cc2C)C1.I. The van der Waals surface area contributed by atoms with Gasteiger partial charge in [-0.15, -0.1) is 35.3 Å². The van der Waals surface area contributed by atoms with Crippen LogP contribution in [-0.2, 0) is 6.54 Å². The van der Waals surface area contributed by atoms with Gasteiger partial charge in [0.05, 0.1) is 12.2 Å². The molecule has 1 fully saturated rings. The van der Waals surface area contributed by atoms with E-state index in [1.165, 1.54) is 6.07 Å². The molecular weight excluding hydrogens is 502 g/mol. The highest BCUT2D eigenvalue weighted by molar-refractivity contribution is 14.0. The summed E-state index contributed by atoms with van der Waals surface area (Å²) in [6.07, 6.45) is 2.17. The molecule has 0 aliphatic carbocycles. The molecule has 0 saturated carbocycles. The Morgan fingerprint density at radius 1 is 1.41 bits per heavy atom. The van der Waals surface area contributed by atoms with Crippen molar-refractivity contribution in [3.63, 3.8) is 0 Å². The van der Waals surface area contributed by atoms with E-state index in [1.807, 2.05) is 32.0 Å². The predicted molar refractivity (Wildman–Crippen MR) is 132 cm³/mol. The molecule has 2 heterocycles. The van der Waals surface area contributed by atoms with Crippen molar-refractivity contribution >= 4 is 52.1 Å². The second-order valence-electron chi connectivity index (χ2n) is 7.30. The summed E-state index contributed by atoms with van der Waals surface area (Å²) < 4.78 is 13.4. The third kappa shape index (κ3) is 6.43. The zero-order chi connectivity index (χ0) is 20.1. The summed E-state index contributed by atoms with van der Waals surface area (Å²) >= 11 is 1.63. The first kappa shape index (κ1) is 23.7. The van der Waals surface area contributed by atoms with Gasteiger partial charge in [0, 0.05) is 51.3 Å². The second kappa shape index (κ2) is 11.0. The Morgan fingerprint density at radius 3 is 2.86 bits per heavy atom. The van der Waals surface area contributed by atoms with Crippen molar-refractivity contribution in [2.45, 2.75) is 32.4 Å². The number of guanidine groups is 1. The lowest BCUT2D eigenvalue weighted by atomic mass is 10.0. The molecular formula is C20H30FIN6S. The maximum Gasteiger partial charge on any atom is 0.191 e. The lowest BCUT2D eigenvalue weighted by Gasteiger charge is -2.36. The minimum absolute atomic E-state index is 0. The number of piperidine rings is 1. The van der Waals surface area contributed by atoms with E-state index < -0.39 is 0 Å². The molecule has 1 saturated heterocycles. The van der Waals surface area contributed by atoms with Crippen LogP contribution in [-0.4, -0.2) is 51.2 Å². The van der Waals surface area contributed by atoms with Crippen molar-refractivity contribution in [1.29, 1.82) is 0 Å². The van der Waals surface area contributed by atoms with Crippen LogP contribution in [0.15, 0.2) is 28.6 Å². The quantitative estimate of drug-likeness (QED) is 0.350. The van der Waals surface area contributed by atoms with Gasteiger partial charge < -0.3 is 20.4 Å². The second-order valence-corrected chi connectivity index (χ2v) is 8.14. The molecule has 1 aromatic heterocycles. The van der Waals surface area contributed by atoms with Gasteiger partial charge in [0.2, 0.25) is 0 Å². The molecule has 1 unspecified atom stereocenters. The summed E-state index contributed by atoms with van der Waals surface area (Å²) in [7, 11) is 5.77. The van der Waals surface area contributed by atoms with Crippen molar-refractivity contribution in [2.75, 3.05) is 44.0 Å². The van der Waals surface area contributed by atoms with Gasteiger partial charge in [0.1, 0.15) is 5.82 Å². The highest BCUT2D eigenvalue weighted by atomic mass is 127. The number of rotatable bonds is 5. The molecule has 2 N–H and O–H groups in total. The molecule has 1 atom stereocenters. The molecule has 160 valence electrons. The van der Waals surface area contributed by atoms with E-state index in [4.69, 9.17) is 0 Å². The van der Waals surface area contributed by atoms with Crippen molar-refractivity contribution in [1.82, 2.24) is 15.6 Å². The number of nitrogens with one attached hydrogen (secondary N) is 2. The Hall–Kier alpha value is -1.62. The molecule has 0 radical (unpaired) electrons. The number of hydrogen-bond acceptors (Lipinski definition) is 5. The Balaban J connectivity index is 0.00000300. The summed E-state index contributed by atoms with van der Waals surface area (Å²) in [6.45, 7) is 4.46. The lowest BCUT2D eigenvalue weighted by molar-refractivity contribution is 0.467. The van der Waals surface area contributed by atoms with Crippen molar-refractivity contribution in [2.24, 2.45) is 4.99 Å². The van der Waals surface area contributed by atoms with E-state index in [0.29, 0.717) is 6.54 Å². The average Bonchev–Trinajstić information content (AvgIpc) is 3.15. The van der Waals surface area contributed by atoms with E-state index in [-0.39, 0.29) is 35.8 Å². The van der Waals surface area contributed by atoms with Gasteiger partial charge in [0.25, 0.3) is 0 Å². The number of aliphatic imine (C=N–C) groups is 1. The molecule has 1 aliphatic rings. The fraction of sp³-hybridized carbons (Fsp3) is 0.500. The maximum absolute atomic E-state index is 13.4. The molecule has 29 heavy (non-hydrogen) atoms. The summed E-state index contributed by atoms with van der Waals surface area (Å²) in [5.41, 5.74) is 3.08. The summed E-state index contributed by atoms with van der Waals surface area (Å²) in [4.78, 5) is 13.3. The van der Waals surface area contributed by atoms with Crippen LogP contribution in [0.4, 0.5) is 15.2 Å². The number of nitrogens with zero attached hydrogens (tertiary/aromatic N) is 4. The fourth-order valence-electron chi connectivity index (χ4n) is 3.43. The van der Waals surface area contributed by atoms with Crippen LogP contribution in [0.5, 0.6) is 0 Å². The molecule has 1 aromatic carbocycles. The molecule has 0 bridgehead atoms. The Morgan fingerprint density at radius 2 is 2.21 bits per heavy atom.